The first-order valence-electron chi connectivity index (χ1n) is 8.98. The van der Waals surface area contributed by atoms with Crippen LogP contribution in [0.1, 0.15) is 24.1 Å². The summed E-state index contributed by atoms with van der Waals surface area (Å²) in [5, 5.41) is 8.61. The molecular formula is C19H22N6OS. The maximum atomic E-state index is 11.8. The van der Waals surface area contributed by atoms with E-state index in [1.165, 1.54) is 0 Å². The molecule has 2 N–H and O–H groups in total. The second kappa shape index (κ2) is 7.79. The van der Waals surface area contributed by atoms with Gasteiger partial charge in [-0.15, -0.1) is 11.3 Å². The van der Waals surface area contributed by atoms with Gasteiger partial charge in [-0.1, -0.05) is 12.1 Å². The zero-order valence-electron chi connectivity index (χ0n) is 15.2. The van der Waals surface area contributed by atoms with Crippen LogP contribution in [-0.4, -0.2) is 34.8 Å². The zero-order valence-corrected chi connectivity index (χ0v) is 16.0. The lowest BCUT2D eigenvalue weighted by Gasteiger charge is -2.16. The fourth-order valence-corrected chi connectivity index (χ4v) is 3.88. The summed E-state index contributed by atoms with van der Waals surface area (Å²) in [6, 6.07) is 8.11. The van der Waals surface area contributed by atoms with E-state index in [0.717, 1.165) is 40.8 Å². The SMILES string of the molecule is CN=C(NCc1ccc(N2CCCC2=O)cc1)NCc1cn2ccsc2n1. The Bertz CT molecular complexity index is 930. The molecule has 8 heteroatoms. The largest absolute Gasteiger partial charge is 0.352 e. The topological polar surface area (TPSA) is 74.0 Å². The fourth-order valence-electron chi connectivity index (χ4n) is 3.16. The number of aliphatic imine (C=N–C) groups is 1. The molecule has 1 amide bonds. The third-order valence-electron chi connectivity index (χ3n) is 4.59. The van der Waals surface area contributed by atoms with Gasteiger partial charge in [0.05, 0.1) is 12.2 Å². The Hall–Kier alpha value is -2.87. The Kier molecular flexibility index (Phi) is 5.06. The van der Waals surface area contributed by atoms with Gasteiger partial charge in [-0.05, 0) is 24.1 Å². The molecule has 0 spiro atoms. The number of carbonyl (C=O) groups excluding carboxylic acids is 1. The van der Waals surface area contributed by atoms with E-state index in [1.54, 1.807) is 18.4 Å². The quantitative estimate of drug-likeness (QED) is 0.525. The highest BCUT2D eigenvalue weighted by molar-refractivity contribution is 7.15. The molecule has 4 rings (SSSR count). The van der Waals surface area contributed by atoms with Crippen molar-refractivity contribution < 1.29 is 4.79 Å². The van der Waals surface area contributed by atoms with Crippen LogP contribution in [0.3, 0.4) is 0 Å². The second-order valence-corrected chi connectivity index (χ2v) is 7.29. The van der Waals surface area contributed by atoms with Crippen LogP contribution >= 0.6 is 11.3 Å². The number of carbonyl (C=O) groups is 1. The zero-order chi connectivity index (χ0) is 18.6. The number of nitrogens with one attached hydrogen (secondary N) is 2. The van der Waals surface area contributed by atoms with E-state index in [0.29, 0.717) is 19.5 Å². The molecule has 1 aromatic carbocycles. The Morgan fingerprint density at radius 1 is 1.26 bits per heavy atom. The van der Waals surface area contributed by atoms with Gasteiger partial charge in [-0.3, -0.25) is 14.2 Å². The lowest BCUT2D eigenvalue weighted by molar-refractivity contribution is -0.117. The van der Waals surface area contributed by atoms with Crippen molar-refractivity contribution in [3.05, 3.63) is 53.3 Å². The number of nitrogens with zero attached hydrogens (tertiary/aromatic N) is 4. The summed E-state index contributed by atoms with van der Waals surface area (Å²) >= 11 is 1.62. The molecule has 7 nitrogen and oxygen atoms in total. The summed E-state index contributed by atoms with van der Waals surface area (Å²) in [6.07, 6.45) is 5.62. The van der Waals surface area contributed by atoms with Gasteiger partial charge in [0.2, 0.25) is 5.91 Å². The van der Waals surface area contributed by atoms with Crippen molar-refractivity contribution in [1.29, 1.82) is 0 Å². The molecule has 3 heterocycles. The molecule has 1 fully saturated rings. The van der Waals surface area contributed by atoms with Crippen LogP contribution in [0.2, 0.25) is 0 Å². The van der Waals surface area contributed by atoms with Crippen molar-refractivity contribution in [2.45, 2.75) is 25.9 Å². The number of rotatable bonds is 5. The summed E-state index contributed by atoms with van der Waals surface area (Å²) < 4.78 is 2.02. The highest BCUT2D eigenvalue weighted by Gasteiger charge is 2.21. The minimum absolute atomic E-state index is 0.213. The maximum Gasteiger partial charge on any atom is 0.227 e. The molecule has 140 valence electrons. The van der Waals surface area contributed by atoms with Gasteiger partial charge < -0.3 is 15.5 Å². The first-order valence-corrected chi connectivity index (χ1v) is 9.86. The third-order valence-corrected chi connectivity index (χ3v) is 5.36. The van der Waals surface area contributed by atoms with Gasteiger partial charge in [-0.25, -0.2) is 4.98 Å². The Balaban J connectivity index is 1.30. The average molecular weight is 382 g/mol. The number of guanidine groups is 1. The monoisotopic (exact) mass is 382 g/mol. The Labute approximate surface area is 161 Å². The summed E-state index contributed by atoms with van der Waals surface area (Å²) in [5.74, 6) is 0.940. The number of aromatic nitrogens is 2. The third kappa shape index (κ3) is 3.95. The fraction of sp³-hybridized carbons (Fsp3) is 0.316. The van der Waals surface area contributed by atoms with Crippen LogP contribution in [0, 0.1) is 0 Å². The van der Waals surface area contributed by atoms with Gasteiger partial charge in [0.1, 0.15) is 0 Å². The van der Waals surface area contributed by atoms with E-state index >= 15 is 0 Å². The minimum Gasteiger partial charge on any atom is -0.352 e. The van der Waals surface area contributed by atoms with E-state index in [-0.39, 0.29) is 5.91 Å². The van der Waals surface area contributed by atoms with Crippen molar-refractivity contribution >= 4 is 33.9 Å². The van der Waals surface area contributed by atoms with Gasteiger partial charge >= 0.3 is 0 Å². The molecule has 0 unspecified atom stereocenters. The molecule has 1 saturated heterocycles. The number of hydrogen-bond acceptors (Lipinski definition) is 4. The molecule has 0 aliphatic carbocycles. The van der Waals surface area contributed by atoms with Crippen molar-refractivity contribution in [2.24, 2.45) is 4.99 Å². The summed E-state index contributed by atoms with van der Waals surface area (Å²) in [6.45, 7) is 2.09. The number of anilines is 1. The smallest absolute Gasteiger partial charge is 0.227 e. The average Bonchev–Trinajstić information content (AvgIpc) is 3.38. The van der Waals surface area contributed by atoms with E-state index in [1.807, 2.05) is 51.3 Å². The predicted octanol–water partition coefficient (Wildman–Crippen LogP) is 2.39. The van der Waals surface area contributed by atoms with Crippen molar-refractivity contribution in [3.63, 3.8) is 0 Å². The normalized spacial score (nSPS) is 14.9. The Morgan fingerprint density at radius 3 is 2.78 bits per heavy atom. The lowest BCUT2D eigenvalue weighted by Crippen LogP contribution is -2.36. The molecule has 0 radical (unpaired) electrons. The van der Waals surface area contributed by atoms with Crippen molar-refractivity contribution in [2.75, 3.05) is 18.5 Å². The molecule has 0 saturated carbocycles. The van der Waals surface area contributed by atoms with Crippen LogP contribution in [0.5, 0.6) is 0 Å². The number of thiazole rings is 1. The minimum atomic E-state index is 0.213. The molecule has 2 aromatic heterocycles. The second-order valence-electron chi connectivity index (χ2n) is 6.42. The first-order chi connectivity index (χ1) is 13.2. The molecule has 0 atom stereocenters. The first kappa shape index (κ1) is 17.5. The summed E-state index contributed by atoms with van der Waals surface area (Å²) in [4.78, 5) is 23.5. The van der Waals surface area contributed by atoms with Crippen LogP contribution in [-0.2, 0) is 17.9 Å². The van der Waals surface area contributed by atoms with E-state index in [4.69, 9.17) is 0 Å². The molecule has 27 heavy (non-hydrogen) atoms. The molecular weight excluding hydrogens is 360 g/mol. The van der Waals surface area contributed by atoms with Gasteiger partial charge in [0, 0.05) is 50.0 Å². The van der Waals surface area contributed by atoms with Crippen LogP contribution < -0.4 is 15.5 Å². The van der Waals surface area contributed by atoms with Crippen LogP contribution in [0.15, 0.2) is 47.0 Å². The van der Waals surface area contributed by atoms with Crippen LogP contribution in [0.25, 0.3) is 4.96 Å². The highest BCUT2D eigenvalue weighted by Crippen LogP contribution is 2.21. The van der Waals surface area contributed by atoms with Crippen LogP contribution in [0.4, 0.5) is 5.69 Å². The van der Waals surface area contributed by atoms with Crippen molar-refractivity contribution in [1.82, 2.24) is 20.0 Å². The van der Waals surface area contributed by atoms with Gasteiger partial charge in [0.15, 0.2) is 10.9 Å². The number of benzene rings is 1. The molecule has 1 aliphatic heterocycles. The number of hydrogen-bond donors (Lipinski definition) is 2. The number of fused-ring (bicyclic) bond motifs is 1. The highest BCUT2D eigenvalue weighted by atomic mass is 32.1. The number of imidazole rings is 1. The predicted molar refractivity (Wildman–Crippen MR) is 108 cm³/mol. The molecule has 0 bridgehead atoms. The van der Waals surface area contributed by atoms with E-state index in [9.17, 15) is 4.79 Å². The standard InChI is InChI=1S/C19H22N6OS/c1-20-18(22-12-15-13-24-9-10-27-19(24)23-15)21-11-14-4-6-16(7-5-14)25-8-2-3-17(25)26/h4-7,9-10,13H,2-3,8,11-12H2,1H3,(H2,20,21,22). The van der Waals surface area contributed by atoms with Crippen molar-refractivity contribution in [3.8, 4) is 0 Å². The number of amides is 1. The lowest BCUT2D eigenvalue weighted by atomic mass is 10.2. The van der Waals surface area contributed by atoms with E-state index < -0.39 is 0 Å². The van der Waals surface area contributed by atoms with Gasteiger partial charge in [-0.2, -0.15) is 0 Å². The molecule has 3 aromatic rings. The van der Waals surface area contributed by atoms with E-state index in [2.05, 4.69) is 20.6 Å². The maximum absolute atomic E-state index is 11.8. The summed E-state index contributed by atoms with van der Waals surface area (Å²) in [5.41, 5.74) is 3.09. The molecule has 1 aliphatic rings. The summed E-state index contributed by atoms with van der Waals surface area (Å²) in [7, 11) is 1.75. The Morgan fingerprint density at radius 2 is 2.07 bits per heavy atom. The van der Waals surface area contributed by atoms with Gasteiger partial charge in [0.25, 0.3) is 0 Å².